The van der Waals surface area contributed by atoms with Crippen LogP contribution >= 0.6 is 11.8 Å². The van der Waals surface area contributed by atoms with Crippen LogP contribution in [0.2, 0.25) is 0 Å². The number of aliphatic imine (C=N–C) groups is 1. The fourth-order valence-corrected chi connectivity index (χ4v) is 4.70. The number of thioether (sulfide) groups is 1. The van der Waals surface area contributed by atoms with Crippen LogP contribution in [-0.4, -0.2) is 62.0 Å². The molecule has 6 nitrogen and oxygen atoms in total. The largest absolute Gasteiger partial charge is 0.380 e. The Morgan fingerprint density at radius 2 is 1.94 bits per heavy atom. The Balaban J connectivity index is 1.58. The fraction of sp³-hybridized carbons (Fsp3) is 0.360. The first-order valence-electron chi connectivity index (χ1n) is 11.0. The van der Waals surface area contributed by atoms with Crippen LogP contribution in [0, 0.1) is 6.92 Å². The normalized spacial score (nSPS) is 19.4. The second-order valence-electron chi connectivity index (χ2n) is 7.63. The van der Waals surface area contributed by atoms with E-state index in [0.29, 0.717) is 29.8 Å². The number of amidine groups is 1. The third kappa shape index (κ3) is 5.41. The van der Waals surface area contributed by atoms with E-state index in [4.69, 9.17) is 14.5 Å². The van der Waals surface area contributed by atoms with Crippen molar-refractivity contribution in [2.45, 2.75) is 13.8 Å². The predicted molar refractivity (Wildman–Crippen MR) is 132 cm³/mol. The van der Waals surface area contributed by atoms with Crippen LogP contribution in [0.4, 0.5) is 11.4 Å². The smallest absolute Gasteiger partial charge is 0.266 e. The molecule has 32 heavy (non-hydrogen) atoms. The van der Waals surface area contributed by atoms with E-state index in [1.807, 2.05) is 43.3 Å². The molecule has 4 rings (SSSR count). The summed E-state index contributed by atoms with van der Waals surface area (Å²) in [4.78, 5) is 22.7. The molecule has 0 aromatic heterocycles. The number of carbonyl (C=O) groups excluding carboxylic acids is 1. The highest BCUT2D eigenvalue weighted by atomic mass is 32.2. The van der Waals surface area contributed by atoms with Gasteiger partial charge in [0, 0.05) is 25.4 Å². The van der Waals surface area contributed by atoms with Crippen molar-refractivity contribution in [1.29, 1.82) is 0 Å². The first-order chi connectivity index (χ1) is 15.7. The Bertz CT molecular complexity index is 1000. The molecule has 0 N–H and O–H groups in total. The van der Waals surface area contributed by atoms with E-state index in [9.17, 15) is 4.79 Å². The monoisotopic (exact) mass is 451 g/mol. The summed E-state index contributed by atoms with van der Waals surface area (Å²) in [6.07, 6.45) is 1.98. The van der Waals surface area contributed by atoms with Gasteiger partial charge in [-0.25, -0.2) is 4.99 Å². The average molecular weight is 452 g/mol. The molecule has 0 saturated carbocycles. The minimum atomic E-state index is -0.0268. The third-order valence-electron chi connectivity index (χ3n) is 5.45. The van der Waals surface area contributed by atoms with Crippen LogP contribution in [-0.2, 0) is 14.3 Å². The zero-order valence-electron chi connectivity index (χ0n) is 18.6. The molecular weight excluding hydrogens is 422 g/mol. The van der Waals surface area contributed by atoms with Crippen molar-refractivity contribution in [2.24, 2.45) is 4.99 Å². The van der Waals surface area contributed by atoms with Gasteiger partial charge in [0.25, 0.3) is 5.91 Å². The van der Waals surface area contributed by atoms with Crippen molar-refractivity contribution in [3.05, 3.63) is 64.6 Å². The van der Waals surface area contributed by atoms with E-state index in [0.717, 1.165) is 43.1 Å². The standard InChI is InChI=1S/C25H29N3O3S/c1-3-30-16-13-28-24(29)23(32-25(28)26-21-7-5-4-6-8-21)18-20-9-10-22(17-19(20)2)27-11-14-31-15-12-27/h4-10,17-18H,3,11-16H2,1-2H3/b23-18-,26-25?. The molecule has 0 atom stereocenters. The van der Waals surface area contributed by atoms with Crippen molar-refractivity contribution < 1.29 is 14.3 Å². The number of carbonyl (C=O) groups is 1. The lowest BCUT2D eigenvalue weighted by atomic mass is 10.1. The van der Waals surface area contributed by atoms with Crippen molar-refractivity contribution in [3.8, 4) is 0 Å². The van der Waals surface area contributed by atoms with E-state index < -0.39 is 0 Å². The maximum Gasteiger partial charge on any atom is 0.266 e. The van der Waals surface area contributed by atoms with Gasteiger partial charge in [-0.05, 0) is 67.1 Å². The summed E-state index contributed by atoms with van der Waals surface area (Å²) in [6.45, 7) is 8.96. The van der Waals surface area contributed by atoms with Crippen molar-refractivity contribution in [3.63, 3.8) is 0 Å². The summed E-state index contributed by atoms with van der Waals surface area (Å²) >= 11 is 1.42. The van der Waals surface area contributed by atoms with Gasteiger partial charge in [0.05, 0.1) is 37.0 Å². The predicted octanol–water partition coefficient (Wildman–Crippen LogP) is 4.47. The van der Waals surface area contributed by atoms with Crippen LogP contribution in [0.3, 0.4) is 0 Å². The van der Waals surface area contributed by atoms with E-state index in [1.54, 1.807) is 4.90 Å². The summed E-state index contributed by atoms with van der Waals surface area (Å²) in [6, 6.07) is 16.1. The van der Waals surface area contributed by atoms with Gasteiger partial charge >= 0.3 is 0 Å². The SMILES string of the molecule is CCOCCN1C(=O)/C(=C/c2ccc(N3CCOCC3)cc2C)SC1=Nc1ccccc1. The first-order valence-corrected chi connectivity index (χ1v) is 11.8. The molecule has 1 amide bonds. The number of para-hydroxylation sites is 1. The number of hydrogen-bond acceptors (Lipinski definition) is 6. The zero-order chi connectivity index (χ0) is 22.3. The molecule has 2 saturated heterocycles. The number of rotatable bonds is 7. The summed E-state index contributed by atoms with van der Waals surface area (Å²) in [5.41, 5.74) is 4.22. The second-order valence-corrected chi connectivity index (χ2v) is 8.64. The van der Waals surface area contributed by atoms with Crippen molar-refractivity contribution in [2.75, 3.05) is 51.0 Å². The molecular formula is C25H29N3O3S. The molecule has 0 bridgehead atoms. The van der Waals surface area contributed by atoms with Gasteiger partial charge in [-0.15, -0.1) is 0 Å². The van der Waals surface area contributed by atoms with Crippen molar-refractivity contribution >= 4 is 40.3 Å². The van der Waals surface area contributed by atoms with Crippen LogP contribution in [0.1, 0.15) is 18.1 Å². The highest BCUT2D eigenvalue weighted by Gasteiger charge is 2.33. The van der Waals surface area contributed by atoms with E-state index in [2.05, 4.69) is 30.0 Å². The maximum atomic E-state index is 13.2. The number of aryl methyl sites for hydroxylation is 1. The van der Waals surface area contributed by atoms with Gasteiger partial charge < -0.3 is 14.4 Å². The quantitative estimate of drug-likeness (QED) is 0.459. The van der Waals surface area contributed by atoms with Gasteiger partial charge in [-0.2, -0.15) is 0 Å². The summed E-state index contributed by atoms with van der Waals surface area (Å²) in [5.74, 6) is -0.0268. The molecule has 0 aliphatic carbocycles. The molecule has 2 aromatic rings. The lowest BCUT2D eigenvalue weighted by Crippen LogP contribution is -2.36. The molecule has 2 fully saturated rings. The van der Waals surface area contributed by atoms with Gasteiger partial charge in [0.1, 0.15) is 0 Å². The molecule has 2 aliphatic heterocycles. The Labute approximate surface area is 193 Å². The zero-order valence-corrected chi connectivity index (χ0v) is 19.4. The minimum Gasteiger partial charge on any atom is -0.380 e. The van der Waals surface area contributed by atoms with E-state index in [-0.39, 0.29) is 5.91 Å². The Morgan fingerprint density at radius 3 is 2.66 bits per heavy atom. The Morgan fingerprint density at radius 1 is 1.16 bits per heavy atom. The van der Waals surface area contributed by atoms with Gasteiger partial charge in [-0.3, -0.25) is 9.69 Å². The van der Waals surface area contributed by atoms with Crippen LogP contribution in [0.5, 0.6) is 0 Å². The Hall–Kier alpha value is -2.61. The first kappa shape index (κ1) is 22.6. The molecule has 7 heteroatoms. The molecule has 168 valence electrons. The maximum absolute atomic E-state index is 13.2. The number of anilines is 1. The van der Waals surface area contributed by atoms with Gasteiger partial charge in [0.2, 0.25) is 0 Å². The number of ether oxygens (including phenoxy) is 2. The topological polar surface area (TPSA) is 54.4 Å². The van der Waals surface area contributed by atoms with Gasteiger partial charge in [-0.1, -0.05) is 24.3 Å². The lowest BCUT2D eigenvalue weighted by molar-refractivity contribution is -0.122. The Kier molecular flexibility index (Phi) is 7.63. The lowest BCUT2D eigenvalue weighted by Gasteiger charge is -2.29. The van der Waals surface area contributed by atoms with Crippen LogP contribution < -0.4 is 4.90 Å². The minimum absolute atomic E-state index is 0.0268. The molecule has 2 aromatic carbocycles. The highest BCUT2D eigenvalue weighted by Crippen LogP contribution is 2.35. The van der Waals surface area contributed by atoms with E-state index in [1.165, 1.54) is 17.4 Å². The number of amides is 1. The summed E-state index contributed by atoms with van der Waals surface area (Å²) < 4.78 is 11.0. The van der Waals surface area contributed by atoms with Gasteiger partial charge in [0.15, 0.2) is 5.17 Å². The van der Waals surface area contributed by atoms with Crippen LogP contribution in [0.15, 0.2) is 58.4 Å². The number of morpholine rings is 1. The molecule has 0 unspecified atom stereocenters. The average Bonchev–Trinajstić information content (AvgIpc) is 3.10. The fourth-order valence-electron chi connectivity index (χ4n) is 3.68. The highest BCUT2D eigenvalue weighted by molar-refractivity contribution is 8.18. The molecule has 0 radical (unpaired) electrons. The van der Waals surface area contributed by atoms with E-state index >= 15 is 0 Å². The number of benzene rings is 2. The third-order valence-corrected chi connectivity index (χ3v) is 6.46. The van der Waals surface area contributed by atoms with Crippen LogP contribution in [0.25, 0.3) is 6.08 Å². The second kappa shape index (κ2) is 10.8. The molecule has 0 spiro atoms. The summed E-state index contributed by atoms with van der Waals surface area (Å²) in [5, 5.41) is 0.690. The summed E-state index contributed by atoms with van der Waals surface area (Å²) in [7, 11) is 0. The number of hydrogen-bond donors (Lipinski definition) is 0. The number of nitrogens with zero attached hydrogens (tertiary/aromatic N) is 3. The molecule has 2 aliphatic rings. The molecule has 2 heterocycles. The van der Waals surface area contributed by atoms with Crippen molar-refractivity contribution in [1.82, 2.24) is 4.90 Å².